The van der Waals surface area contributed by atoms with Crippen molar-refractivity contribution >= 4 is 11.6 Å². The number of hydrogen-bond acceptors (Lipinski definition) is 3. The number of aliphatic hydroxyl groups is 1. The highest BCUT2D eigenvalue weighted by atomic mass is 35.5. The highest BCUT2D eigenvalue weighted by Crippen LogP contribution is 2.17. The fraction of sp³-hybridized carbons (Fsp3) is 0.538. The van der Waals surface area contributed by atoms with Crippen molar-refractivity contribution in [3.8, 4) is 5.75 Å². The molecule has 0 bridgehead atoms. The van der Waals surface area contributed by atoms with Crippen LogP contribution in [0.1, 0.15) is 6.42 Å². The molecule has 1 N–H and O–H groups in total. The topological polar surface area (TPSA) is 32.7 Å². The zero-order chi connectivity index (χ0) is 12.1. The van der Waals surface area contributed by atoms with Crippen molar-refractivity contribution < 1.29 is 9.84 Å². The summed E-state index contributed by atoms with van der Waals surface area (Å²) < 4.78 is 5.60. The normalized spacial score (nSPS) is 16.8. The highest BCUT2D eigenvalue weighted by molar-refractivity contribution is 6.30. The summed E-state index contributed by atoms with van der Waals surface area (Å²) in [5, 5.41) is 9.61. The van der Waals surface area contributed by atoms with E-state index in [4.69, 9.17) is 21.4 Å². The first kappa shape index (κ1) is 12.7. The van der Waals surface area contributed by atoms with Crippen LogP contribution in [0.3, 0.4) is 0 Å². The fourth-order valence-corrected chi connectivity index (χ4v) is 2.11. The molecule has 4 heteroatoms. The van der Waals surface area contributed by atoms with E-state index in [-0.39, 0.29) is 0 Å². The van der Waals surface area contributed by atoms with Gasteiger partial charge in [0.05, 0.1) is 6.61 Å². The fourth-order valence-electron chi connectivity index (χ4n) is 1.98. The lowest BCUT2D eigenvalue weighted by molar-refractivity contribution is 0.0502. The van der Waals surface area contributed by atoms with Crippen LogP contribution >= 0.6 is 11.6 Å². The smallest absolute Gasteiger partial charge is 0.119 e. The zero-order valence-electron chi connectivity index (χ0n) is 9.81. The molecule has 1 aromatic carbocycles. The molecular weight excluding hydrogens is 238 g/mol. The molecule has 3 nitrogen and oxygen atoms in total. The van der Waals surface area contributed by atoms with Gasteiger partial charge in [-0.2, -0.15) is 0 Å². The van der Waals surface area contributed by atoms with Crippen LogP contribution in [0.2, 0.25) is 5.02 Å². The quantitative estimate of drug-likeness (QED) is 0.790. The molecule has 0 saturated carbocycles. The average Bonchev–Trinajstić information content (AvgIpc) is 2.29. The molecule has 1 aromatic rings. The number of halogens is 1. The van der Waals surface area contributed by atoms with E-state index >= 15 is 0 Å². The summed E-state index contributed by atoms with van der Waals surface area (Å²) >= 11 is 5.79. The van der Waals surface area contributed by atoms with Gasteiger partial charge in [-0.15, -0.1) is 0 Å². The molecule has 0 unspecified atom stereocenters. The SMILES string of the molecule is OCC1CN(CCCOc2ccc(Cl)cc2)C1. The van der Waals surface area contributed by atoms with Gasteiger partial charge in [-0.1, -0.05) is 11.6 Å². The van der Waals surface area contributed by atoms with Crippen molar-refractivity contribution in [2.24, 2.45) is 5.92 Å². The summed E-state index contributed by atoms with van der Waals surface area (Å²) in [6.45, 7) is 4.14. The van der Waals surface area contributed by atoms with Gasteiger partial charge in [0, 0.05) is 37.2 Å². The summed E-state index contributed by atoms with van der Waals surface area (Å²) in [6, 6.07) is 7.43. The van der Waals surface area contributed by atoms with Crippen LogP contribution < -0.4 is 4.74 Å². The number of nitrogens with zero attached hydrogens (tertiary/aromatic N) is 1. The number of aliphatic hydroxyl groups excluding tert-OH is 1. The van der Waals surface area contributed by atoms with Crippen molar-refractivity contribution in [1.82, 2.24) is 4.90 Å². The maximum absolute atomic E-state index is 8.88. The van der Waals surface area contributed by atoms with E-state index in [1.807, 2.05) is 24.3 Å². The Morgan fingerprint density at radius 1 is 1.29 bits per heavy atom. The molecule has 0 amide bonds. The Hall–Kier alpha value is -0.770. The molecule has 0 spiro atoms. The molecule has 0 aromatic heterocycles. The number of hydrogen-bond donors (Lipinski definition) is 1. The van der Waals surface area contributed by atoms with E-state index in [1.54, 1.807) is 0 Å². The minimum absolute atomic E-state index is 0.317. The molecule has 2 rings (SSSR count). The van der Waals surface area contributed by atoms with Gasteiger partial charge in [-0.25, -0.2) is 0 Å². The van der Waals surface area contributed by atoms with Gasteiger partial charge >= 0.3 is 0 Å². The van der Waals surface area contributed by atoms with Gasteiger partial charge in [0.25, 0.3) is 0 Å². The van der Waals surface area contributed by atoms with E-state index in [2.05, 4.69) is 4.90 Å². The lowest BCUT2D eigenvalue weighted by Crippen LogP contribution is -2.48. The second kappa shape index (κ2) is 6.24. The average molecular weight is 256 g/mol. The van der Waals surface area contributed by atoms with Gasteiger partial charge in [-0.05, 0) is 30.7 Å². The first-order valence-corrected chi connectivity index (χ1v) is 6.37. The second-order valence-electron chi connectivity index (χ2n) is 4.46. The molecule has 0 radical (unpaired) electrons. The van der Waals surface area contributed by atoms with Crippen molar-refractivity contribution in [1.29, 1.82) is 0 Å². The summed E-state index contributed by atoms with van der Waals surface area (Å²) in [6.07, 6.45) is 1.01. The third kappa shape index (κ3) is 3.87. The Morgan fingerprint density at radius 3 is 2.65 bits per heavy atom. The van der Waals surface area contributed by atoms with E-state index in [9.17, 15) is 0 Å². The minimum Gasteiger partial charge on any atom is -0.494 e. The number of rotatable bonds is 6. The Labute approximate surface area is 107 Å². The lowest BCUT2D eigenvalue weighted by Gasteiger charge is -2.38. The van der Waals surface area contributed by atoms with Crippen molar-refractivity contribution in [2.75, 3.05) is 32.8 Å². The van der Waals surface area contributed by atoms with Crippen LogP contribution in [0, 0.1) is 5.92 Å². The molecule has 17 heavy (non-hydrogen) atoms. The molecule has 0 aliphatic carbocycles. The first-order valence-electron chi connectivity index (χ1n) is 5.99. The Balaban J connectivity index is 1.56. The van der Waals surface area contributed by atoms with Gasteiger partial charge in [0.1, 0.15) is 5.75 Å². The molecule has 1 fully saturated rings. The summed E-state index contributed by atoms with van der Waals surface area (Å²) in [5.74, 6) is 1.36. The number of benzene rings is 1. The van der Waals surface area contributed by atoms with Gasteiger partial charge in [0.2, 0.25) is 0 Å². The van der Waals surface area contributed by atoms with E-state index in [0.29, 0.717) is 12.5 Å². The maximum atomic E-state index is 8.88. The van der Waals surface area contributed by atoms with Crippen LogP contribution in [-0.2, 0) is 0 Å². The van der Waals surface area contributed by atoms with Crippen molar-refractivity contribution in [2.45, 2.75) is 6.42 Å². The number of likely N-dealkylation sites (tertiary alicyclic amines) is 1. The van der Waals surface area contributed by atoms with Crippen LogP contribution in [0.4, 0.5) is 0 Å². The van der Waals surface area contributed by atoms with E-state index < -0.39 is 0 Å². The third-order valence-corrected chi connectivity index (χ3v) is 3.24. The predicted molar refractivity (Wildman–Crippen MR) is 68.6 cm³/mol. The Kier molecular flexibility index (Phi) is 4.66. The molecule has 1 saturated heterocycles. The molecule has 1 aliphatic heterocycles. The Bertz CT molecular complexity index is 336. The van der Waals surface area contributed by atoms with E-state index in [1.165, 1.54) is 0 Å². The molecule has 0 atom stereocenters. The van der Waals surface area contributed by atoms with Crippen LogP contribution in [0.5, 0.6) is 5.75 Å². The minimum atomic E-state index is 0.317. The van der Waals surface area contributed by atoms with Crippen LogP contribution in [0.25, 0.3) is 0 Å². The molecule has 1 heterocycles. The third-order valence-electron chi connectivity index (χ3n) is 2.99. The molecule has 94 valence electrons. The maximum Gasteiger partial charge on any atom is 0.119 e. The zero-order valence-corrected chi connectivity index (χ0v) is 10.6. The van der Waals surface area contributed by atoms with Crippen LogP contribution in [0.15, 0.2) is 24.3 Å². The standard InChI is InChI=1S/C13H18ClNO2/c14-12-2-4-13(5-3-12)17-7-1-6-15-8-11(9-15)10-16/h2-5,11,16H,1,6-10H2. The van der Waals surface area contributed by atoms with Gasteiger partial charge in [0.15, 0.2) is 0 Å². The Morgan fingerprint density at radius 2 is 2.00 bits per heavy atom. The largest absolute Gasteiger partial charge is 0.494 e. The molecule has 1 aliphatic rings. The summed E-state index contributed by atoms with van der Waals surface area (Å²) in [4.78, 5) is 2.34. The summed E-state index contributed by atoms with van der Waals surface area (Å²) in [7, 11) is 0. The van der Waals surface area contributed by atoms with Crippen molar-refractivity contribution in [3.05, 3.63) is 29.3 Å². The van der Waals surface area contributed by atoms with Gasteiger partial charge in [-0.3, -0.25) is 0 Å². The predicted octanol–water partition coefficient (Wildman–Crippen LogP) is 2.03. The first-order chi connectivity index (χ1) is 8.28. The number of ether oxygens (including phenoxy) is 1. The van der Waals surface area contributed by atoms with E-state index in [0.717, 1.165) is 43.4 Å². The van der Waals surface area contributed by atoms with Gasteiger partial charge < -0.3 is 14.7 Å². The second-order valence-corrected chi connectivity index (χ2v) is 4.90. The highest BCUT2D eigenvalue weighted by Gasteiger charge is 2.24. The van der Waals surface area contributed by atoms with Crippen molar-refractivity contribution in [3.63, 3.8) is 0 Å². The monoisotopic (exact) mass is 255 g/mol. The lowest BCUT2D eigenvalue weighted by atomic mass is 10.0. The summed E-state index contributed by atoms with van der Waals surface area (Å²) in [5.41, 5.74) is 0. The molecular formula is C13H18ClNO2. The van der Waals surface area contributed by atoms with Crippen LogP contribution in [-0.4, -0.2) is 42.9 Å².